The fraction of sp³-hybridized carbons (Fsp3) is 0.333. The average molecular weight is 599 g/mol. The Morgan fingerprint density at radius 3 is 2.53 bits per heavy atom. The van der Waals surface area contributed by atoms with Crippen LogP contribution in [0.2, 0.25) is 0 Å². The average Bonchev–Trinajstić information content (AvgIpc) is 2.33. The highest BCUT2D eigenvalue weighted by molar-refractivity contribution is 14.1. The molecule has 0 bridgehead atoms. The van der Waals surface area contributed by atoms with E-state index in [1.807, 2.05) is 6.07 Å². The first-order valence-electron chi connectivity index (χ1n) is 5.48. The Kier molecular flexibility index (Phi) is 7.29. The predicted molar refractivity (Wildman–Crippen MR) is 98.2 cm³/mol. The van der Waals surface area contributed by atoms with Gasteiger partial charge < -0.3 is 10.1 Å². The van der Waals surface area contributed by atoms with E-state index in [1.165, 1.54) is 0 Å². The van der Waals surface area contributed by atoms with Crippen LogP contribution in [0.15, 0.2) is 12.1 Å². The van der Waals surface area contributed by atoms with Gasteiger partial charge in [0.2, 0.25) is 0 Å². The number of carbonyl (C=O) groups is 2. The van der Waals surface area contributed by atoms with E-state index in [9.17, 15) is 9.59 Å². The van der Waals surface area contributed by atoms with Gasteiger partial charge in [0, 0.05) is 10.7 Å². The van der Waals surface area contributed by atoms with Gasteiger partial charge in [-0.2, -0.15) is 0 Å². The fourth-order valence-corrected chi connectivity index (χ4v) is 3.72. The molecule has 104 valence electrons. The number of amides is 1. The molecular formula is C12H12I3NO3. The Bertz CT molecular complexity index is 505. The second kappa shape index (κ2) is 7.96. The summed E-state index contributed by atoms with van der Waals surface area (Å²) in [6.45, 7) is 3.65. The molecule has 0 aromatic heterocycles. The molecule has 0 aliphatic heterocycles. The molecule has 0 fully saturated rings. The molecule has 1 aromatic rings. The van der Waals surface area contributed by atoms with E-state index in [2.05, 4.69) is 73.1 Å². The van der Waals surface area contributed by atoms with Gasteiger partial charge in [-0.3, -0.25) is 4.79 Å². The molecule has 0 heterocycles. The van der Waals surface area contributed by atoms with Crippen molar-refractivity contribution in [3.05, 3.63) is 28.4 Å². The molecule has 0 aliphatic carbocycles. The summed E-state index contributed by atoms with van der Waals surface area (Å²) in [5.74, 6) is -0.687. The minimum Gasteiger partial charge on any atom is -0.464 e. The number of esters is 1. The van der Waals surface area contributed by atoms with Gasteiger partial charge in [-0.1, -0.05) is 0 Å². The van der Waals surface area contributed by atoms with Gasteiger partial charge in [0.1, 0.15) is 6.04 Å². The second-order valence-electron chi connectivity index (χ2n) is 3.70. The number of carbonyl (C=O) groups excluding carboxylic acids is 2. The van der Waals surface area contributed by atoms with Gasteiger partial charge in [-0.05, 0) is 93.8 Å². The molecule has 0 saturated carbocycles. The molecule has 1 atom stereocenters. The standard InChI is InChI=1S/C12H12I3NO3/c1-3-19-12(18)6(2)16-11(17)8-4-7(13)5-9(14)10(8)15/h4-6H,3H2,1-2H3,(H,16,17). The van der Waals surface area contributed by atoms with Gasteiger partial charge in [0.25, 0.3) is 5.91 Å². The van der Waals surface area contributed by atoms with Crippen LogP contribution in [-0.4, -0.2) is 24.5 Å². The molecule has 7 heteroatoms. The number of rotatable bonds is 4. The number of benzene rings is 1. The van der Waals surface area contributed by atoms with Crippen molar-refractivity contribution in [1.29, 1.82) is 0 Å². The van der Waals surface area contributed by atoms with Gasteiger partial charge in [0.05, 0.1) is 12.2 Å². The van der Waals surface area contributed by atoms with Gasteiger partial charge in [-0.15, -0.1) is 0 Å². The zero-order valence-corrected chi connectivity index (χ0v) is 16.8. The van der Waals surface area contributed by atoms with Crippen molar-refractivity contribution in [2.45, 2.75) is 19.9 Å². The Morgan fingerprint density at radius 1 is 1.32 bits per heavy atom. The SMILES string of the molecule is CCOC(=O)C(C)NC(=O)c1cc(I)cc(I)c1I. The van der Waals surface area contributed by atoms with Gasteiger partial charge >= 0.3 is 5.97 Å². The molecule has 1 amide bonds. The van der Waals surface area contributed by atoms with Gasteiger partial charge in [-0.25, -0.2) is 4.79 Å². The van der Waals surface area contributed by atoms with Crippen LogP contribution in [0, 0.1) is 10.7 Å². The number of halogens is 3. The van der Waals surface area contributed by atoms with Crippen LogP contribution in [0.1, 0.15) is 24.2 Å². The summed E-state index contributed by atoms with van der Waals surface area (Å²) in [4.78, 5) is 23.6. The van der Waals surface area contributed by atoms with Crippen LogP contribution in [0.5, 0.6) is 0 Å². The lowest BCUT2D eigenvalue weighted by Gasteiger charge is -2.14. The third kappa shape index (κ3) is 4.99. The first-order valence-corrected chi connectivity index (χ1v) is 8.72. The molecule has 1 aromatic carbocycles. The minimum atomic E-state index is -0.654. The predicted octanol–water partition coefficient (Wildman–Crippen LogP) is 3.18. The van der Waals surface area contributed by atoms with Crippen molar-refractivity contribution < 1.29 is 14.3 Å². The summed E-state index contributed by atoms with van der Waals surface area (Å²) in [6.07, 6.45) is 0. The maximum atomic E-state index is 12.2. The number of hydrogen-bond donors (Lipinski definition) is 1. The first-order chi connectivity index (χ1) is 8.86. The quantitative estimate of drug-likeness (QED) is 0.329. The van der Waals surface area contributed by atoms with Crippen LogP contribution < -0.4 is 5.32 Å². The molecule has 0 spiro atoms. The third-order valence-corrected chi connectivity index (χ3v) is 5.89. The van der Waals surface area contributed by atoms with Crippen LogP contribution >= 0.6 is 67.8 Å². The van der Waals surface area contributed by atoms with E-state index in [0.29, 0.717) is 12.2 Å². The van der Waals surface area contributed by atoms with E-state index in [0.717, 1.165) is 10.7 Å². The highest BCUT2D eigenvalue weighted by Gasteiger charge is 2.20. The van der Waals surface area contributed by atoms with Crippen LogP contribution in [0.3, 0.4) is 0 Å². The summed E-state index contributed by atoms with van der Waals surface area (Å²) < 4.78 is 7.74. The maximum absolute atomic E-state index is 12.2. The number of hydrogen-bond acceptors (Lipinski definition) is 3. The molecule has 1 unspecified atom stereocenters. The van der Waals surface area contributed by atoms with Crippen molar-refractivity contribution in [1.82, 2.24) is 5.32 Å². The highest BCUT2D eigenvalue weighted by atomic mass is 127. The molecular weight excluding hydrogens is 587 g/mol. The van der Waals surface area contributed by atoms with Crippen molar-refractivity contribution in [2.24, 2.45) is 0 Å². The summed E-state index contributed by atoms with van der Waals surface area (Å²) in [5, 5.41) is 2.65. The van der Waals surface area contributed by atoms with Crippen LogP contribution in [-0.2, 0) is 9.53 Å². The maximum Gasteiger partial charge on any atom is 0.328 e. The zero-order valence-electron chi connectivity index (χ0n) is 10.3. The first kappa shape index (κ1) is 17.4. The Hall–Kier alpha value is 0.350. The van der Waals surface area contributed by atoms with Crippen LogP contribution in [0.4, 0.5) is 0 Å². The van der Waals surface area contributed by atoms with Crippen molar-refractivity contribution in [3.8, 4) is 0 Å². The number of nitrogens with one attached hydrogen (secondary N) is 1. The monoisotopic (exact) mass is 599 g/mol. The van der Waals surface area contributed by atoms with Crippen molar-refractivity contribution in [2.75, 3.05) is 6.61 Å². The van der Waals surface area contributed by atoms with E-state index in [4.69, 9.17) is 4.74 Å². The lowest BCUT2D eigenvalue weighted by atomic mass is 10.2. The normalized spacial score (nSPS) is 11.8. The van der Waals surface area contributed by atoms with E-state index >= 15 is 0 Å². The van der Waals surface area contributed by atoms with Crippen molar-refractivity contribution in [3.63, 3.8) is 0 Å². The topological polar surface area (TPSA) is 55.4 Å². The summed E-state index contributed by atoms with van der Waals surface area (Å²) in [7, 11) is 0. The lowest BCUT2D eigenvalue weighted by Crippen LogP contribution is -2.39. The zero-order chi connectivity index (χ0) is 14.6. The fourth-order valence-electron chi connectivity index (χ4n) is 1.32. The highest BCUT2D eigenvalue weighted by Crippen LogP contribution is 2.22. The van der Waals surface area contributed by atoms with Gasteiger partial charge in [0.15, 0.2) is 0 Å². The second-order valence-corrected chi connectivity index (χ2v) is 7.18. The van der Waals surface area contributed by atoms with Crippen molar-refractivity contribution >= 4 is 79.6 Å². The molecule has 19 heavy (non-hydrogen) atoms. The minimum absolute atomic E-state index is 0.263. The molecule has 0 radical (unpaired) electrons. The summed E-state index contributed by atoms with van der Waals surface area (Å²) in [5.41, 5.74) is 0.577. The third-order valence-electron chi connectivity index (χ3n) is 2.23. The molecule has 1 rings (SSSR count). The molecule has 1 N–H and O–H groups in total. The summed E-state index contributed by atoms with van der Waals surface area (Å²) in [6, 6.07) is 3.14. The largest absolute Gasteiger partial charge is 0.464 e. The Morgan fingerprint density at radius 2 is 1.95 bits per heavy atom. The van der Waals surface area contributed by atoms with Crippen LogP contribution in [0.25, 0.3) is 0 Å². The molecule has 4 nitrogen and oxygen atoms in total. The Balaban J connectivity index is 2.87. The van der Waals surface area contributed by atoms with E-state index < -0.39 is 12.0 Å². The lowest BCUT2D eigenvalue weighted by molar-refractivity contribution is -0.144. The molecule has 0 aliphatic rings. The number of ether oxygens (including phenoxy) is 1. The van der Waals surface area contributed by atoms with E-state index in [1.54, 1.807) is 19.9 Å². The molecule has 0 saturated heterocycles. The van der Waals surface area contributed by atoms with E-state index in [-0.39, 0.29) is 5.91 Å². The summed E-state index contributed by atoms with van der Waals surface area (Å²) >= 11 is 6.48. The smallest absolute Gasteiger partial charge is 0.328 e. The Labute approximate surface area is 152 Å².